The zero-order valence-corrected chi connectivity index (χ0v) is 13.7. The molecule has 0 aromatic heterocycles. The van der Waals surface area contributed by atoms with Crippen molar-refractivity contribution in [2.45, 2.75) is 12.6 Å². The van der Waals surface area contributed by atoms with Crippen LogP contribution in [0.15, 0.2) is 24.3 Å². The summed E-state index contributed by atoms with van der Waals surface area (Å²) in [5, 5.41) is 20.7. The molecule has 6 nitrogen and oxygen atoms in total. The molecule has 3 aliphatic heterocycles. The Morgan fingerprint density at radius 3 is 2.80 bits per heavy atom. The molecule has 0 bridgehead atoms. The van der Waals surface area contributed by atoms with Gasteiger partial charge >= 0.3 is 0 Å². The number of ether oxygens (including phenoxy) is 3. The standard InChI is InChI=1S/C19H17NO5/c1-23-19-13-7-20-8-16(22)12-6-18-17(24-9-25-18)5-11(12)14(20)4-10(13)2-3-15(19)21/h2-6,16,21-22H,7-9H2,1H3/p+1/t16-/m0/s1. The number of quaternary nitrogens is 1. The van der Waals surface area contributed by atoms with Crippen LogP contribution in [0, 0.1) is 0 Å². The van der Waals surface area contributed by atoms with Crippen LogP contribution in [0.3, 0.4) is 0 Å². The second kappa shape index (κ2) is 5.15. The Bertz CT molecular complexity index is 921. The molecule has 3 heterocycles. The van der Waals surface area contributed by atoms with E-state index in [0.717, 1.165) is 32.9 Å². The Balaban J connectivity index is 1.70. The first-order valence-corrected chi connectivity index (χ1v) is 8.23. The van der Waals surface area contributed by atoms with Crippen molar-refractivity contribution in [2.24, 2.45) is 0 Å². The molecule has 2 aromatic rings. The first-order chi connectivity index (χ1) is 12.2. The molecular formula is C19H18NO5+. The van der Waals surface area contributed by atoms with Gasteiger partial charge in [-0.3, -0.25) is 4.90 Å². The lowest BCUT2D eigenvalue weighted by molar-refractivity contribution is -0.846. The fourth-order valence-corrected chi connectivity index (χ4v) is 4.00. The Kier molecular flexibility index (Phi) is 3.01. The van der Waals surface area contributed by atoms with Crippen molar-refractivity contribution in [2.75, 3.05) is 20.4 Å². The van der Waals surface area contributed by atoms with E-state index < -0.39 is 6.10 Å². The molecule has 0 spiro atoms. The predicted molar refractivity (Wildman–Crippen MR) is 89.6 cm³/mol. The first-order valence-electron chi connectivity index (χ1n) is 8.23. The maximum Gasteiger partial charge on any atom is 0.231 e. The minimum Gasteiger partial charge on any atom is -0.504 e. The van der Waals surface area contributed by atoms with Gasteiger partial charge in [0.2, 0.25) is 6.79 Å². The molecular weight excluding hydrogens is 322 g/mol. The molecule has 5 rings (SSSR count). The summed E-state index contributed by atoms with van der Waals surface area (Å²) in [5.41, 5.74) is 4.94. The topological polar surface area (TPSA) is 72.6 Å². The summed E-state index contributed by atoms with van der Waals surface area (Å²) in [7, 11) is 1.56. The number of nitrogens with one attached hydrogen (secondary N) is 1. The predicted octanol–water partition coefficient (Wildman–Crippen LogP) is 1.07. The van der Waals surface area contributed by atoms with Gasteiger partial charge < -0.3 is 24.4 Å². The van der Waals surface area contributed by atoms with Crippen LogP contribution in [-0.4, -0.2) is 30.7 Å². The van der Waals surface area contributed by atoms with Crippen LogP contribution in [0.1, 0.15) is 28.4 Å². The normalized spacial score (nSPS) is 22.6. The van der Waals surface area contributed by atoms with Gasteiger partial charge in [0.05, 0.1) is 12.7 Å². The highest BCUT2D eigenvalue weighted by Crippen LogP contribution is 2.42. The summed E-state index contributed by atoms with van der Waals surface area (Å²) in [6, 6.07) is 7.38. The lowest BCUT2D eigenvalue weighted by atomic mass is 9.89. The van der Waals surface area contributed by atoms with Gasteiger partial charge in [-0.1, -0.05) is 6.07 Å². The van der Waals surface area contributed by atoms with E-state index in [1.165, 1.54) is 0 Å². The van der Waals surface area contributed by atoms with Gasteiger partial charge in [0.25, 0.3) is 0 Å². The average Bonchev–Trinajstić information content (AvgIpc) is 3.07. The fourth-order valence-electron chi connectivity index (χ4n) is 4.00. The zero-order chi connectivity index (χ0) is 17.1. The van der Waals surface area contributed by atoms with Crippen molar-refractivity contribution in [1.82, 2.24) is 0 Å². The molecule has 0 saturated heterocycles. The number of aromatic hydroxyl groups is 1. The van der Waals surface area contributed by atoms with E-state index >= 15 is 0 Å². The Hall–Kier alpha value is -2.70. The number of rotatable bonds is 1. The average molecular weight is 340 g/mol. The third-order valence-corrected chi connectivity index (χ3v) is 5.18. The highest BCUT2D eigenvalue weighted by molar-refractivity contribution is 5.83. The monoisotopic (exact) mass is 340 g/mol. The summed E-state index contributed by atoms with van der Waals surface area (Å²) in [4.78, 5) is 1.13. The van der Waals surface area contributed by atoms with E-state index in [-0.39, 0.29) is 12.5 Å². The summed E-state index contributed by atoms with van der Waals surface area (Å²) in [6.07, 6.45) is 1.52. The minimum absolute atomic E-state index is 0.138. The van der Waals surface area contributed by atoms with E-state index in [1.807, 2.05) is 18.2 Å². The largest absolute Gasteiger partial charge is 0.504 e. The van der Waals surface area contributed by atoms with Gasteiger partial charge in [-0.05, 0) is 23.8 Å². The van der Waals surface area contributed by atoms with Crippen molar-refractivity contribution in [1.29, 1.82) is 0 Å². The van der Waals surface area contributed by atoms with Crippen LogP contribution >= 0.6 is 0 Å². The number of hydrogen-bond acceptors (Lipinski definition) is 5. The molecule has 3 aliphatic rings. The summed E-state index contributed by atoms with van der Waals surface area (Å²) >= 11 is 0. The molecule has 0 saturated carbocycles. The van der Waals surface area contributed by atoms with Crippen molar-refractivity contribution in [3.8, 4) is 23.0 Å². The third kappa shape index (κ3) is 2.04. The van der Waals surface area contributed by atoms with Crippen molar-refractivity contribution < 1.29 is 29.3 Å². The SMILES string of the molecule is COc1c(O)ccc2c1C[NH+]1C[C@H](O)c3cc4c(cc3C1=C2)OCO4. The Morgan fingerprint density at radius 1 is 1.20 bits per heavy atom. The van der Waals surface area contributed by atoms with Crippen molar-refractivity contribution in [3.63, 3.8) is 0 Å². The van der Waals surface area contributed by atoms with Crippen molar-refractivity contribution >= 4 is 11.8 Å². The minimum atomic E-state index is -0.582. The lowest BCUT2D eigenvalue weighted by Crippen LogP contribution is -3.09. The van der Waals surface area contributed by atoms with Crippen LogP contribution in [-0.2, 0) is 6.54 Å². The molecule has 2 atom stereocenters. The molecule has 3 N–H and O–H groups in total. The third-order valence-electron chi connectivity index (χ3n) is 5.18. The highest BCUT2D eigenvalue weighted by atomic mass is 16.7. The number of phenolic OH excluding ortho intramolecular Hbond substituents is 1. The number of phenols is 1. The van der Waals surface area contributed by atoms with E-state index in [1.54, 1.807) is 13.2 Å². The first kappa shape index (κ1) is 14.6. The number of methoxy groups -OCH3 is 1. The van der Waals surface area contributed by atoms with Crippen LogP contribution in [0.2, 0.25) is 0 Å². The molecule has 0 fully saturated rings. The van der Waals surface area contributed by atoms with Crippen LogP contribution in [0.4, 0.5) is 0 Å². The number of fused-ring (bicyclic) bond motifs is 5. The number of benzene rings is 2. The fraction of sp³-hybridized carbons (Fsp3) is 0.263. The van der Waals surface area contributed by atoms with E-state index in [0.29, 0.717) is 30.3 Å². The molecule has 2 aromatic carbocycles. The number of hydrogen-bond donors (Lipinski definition) is 3. The molecule has 6 heteroatoms. The number of aliphatic hydroxyl groups excluding tert-OH is 1. The van der Waals surface area contributed by atoms with Gasteiger partial charge in [-0.15, -0.1) is 0 Å². The zero-order valence-electron chi connectivity index (χ0n) is 13.7. The summed E-state index contributed by atoms with van der Waals surface area (Å²) in [5.74, 6) is 2.04. The quantitative estimate of drug-likeness (QED) is 0.724. The second-order valence-electron chi connectivity index (χ2n) is 6.54. The number of aliphatic hydroxyl groups is 1. The summed E-state index contributed by atoms with van der Waals surface area (Å²) in [6.45, 7) is 1.41. The van der Waals surface area contributed by atoms with Crippen LogP contribution in [0.5, 0.6) is 23.0 Å². The molecule has 0 radical (unpaired) electrons. The molecule has 0 aliphatic carbocycles. The van der Waals surface area contributed by atoms with Gasteiger partial charge in [0, 0.05) is 17.2 Å². The second-order valence-corrected chi connectivity index (χ2v) is 6.54. The van der Waals surface area contributed by atoms with Crippen molar-refractivity contribution in [3.05, 3.63) is 46.5 Å². The van der Waals surface area contributed by atoms with Gasteiger partial charge in [-0.25, -0.2) is 0 Å². The Morgan fingerprint density at radius 2 is 2.00 bits per heavy atom. The van der Waals surface area contributed by atoms with E-state index in [4.69, 9.17) is 14.2 Å². The smallest absolute Gasteiger partial charge is 0.231 e. The molecule has 128 valence electrons. The maximum atomic E-state index is 10.6. The summed E-state index contributed by atoms with van der Waals surface area (Å²) < 4.78 is 16.3. The molecule has 1 unspecified atom stereocenters. The van der Waals surface area contributed by atoms with Gasteiger partial charge in [-0.2, -0.15) is 0 Å². The van der Waals surface area contributed by atoms with E-state index in [2.05, 4.69) is 6.08 Å². The van der Waals surface area contributed by atoms with E-state index in [9.17, 15) is 10.2 Å². The van der Waals surface area contributed by atoms with Gasteiger partial charge in [0.1, 0.15) is 24.9 Å². The molecule has 25 heavy (non-hydrogen) atoms. The van der Waals surface area contributed by atoms with Gasteiger partial charge in [0.15, 0.2) is 23.0 Å². The van der Waals surface area contributed by atoms with Crippen LogP contribution < -0.4 is 19.1 Å². The molecule has 0 amide bonds. The van der Waals surface area contributed by atoms with Crippen LogP contribution in [0.25, 0.3) is 11.8 Å². The Labute approximate surface area is 144 Å². The maximum absolute atomic E-state index is 10.6. The highest BCUT2D eigenvalue weighted by Gasteiger charge is 2.37. The lowest BCUT2D eigenvalue weighted by Gasteiger charge is -2.34.